The van der Waals surface area contributed by atoms with Gasteiger partial charge in [0.15, 0.2) is 0 Å². The quantitative estimate of drug-likeness (QED) is 0.625. The predicted molar refractivity (Wildman–Crippen MR) is 107 cm³/mol. The van der Waals surface area contributed by atoms with E-state index in [1.165, 1.54) is 11.3 Å². The summed E-state index contributed by atoms with van der Waals surface area (Å²) in [5.41, 5.74) is 1.71. The largest absolute Gasteiger partial charge is 0.481 e. The number of carboxylic acids is 1. The van der Waals surface area contributed by atoms with Gasteiger partial charge in [0.25, 0.3) is 0 Å². The van der Waals surface area contributed by atoms with E-state index in [2.05, 4.69) is 10.3 Å². The summed E-state index contributed by atoms with van der Waals surface area (Å²) in [5.74, 6) is -1.79. The Morgan fingerprint density at radius 3 is 2.70 bits per heavy atom. The van der Waals surface area contributed by atoms with Crippen molar-refractivity contribution in [1.82, 2.24) is 10.3 Å². The molecule has 1 amide bonds. The van der Waals surface area contributed by atoms with Gasteiger partial charge in [0.05, 0.1) is 23.0 Å². The summed E-state index contributed by atoms with van der Waals surface area (Å²) < 4.78 is 0. The molecule has 0 aliphatic carbocycles. The molecule has 0 saturated carbocycles. The predicted octanol–water partition coefficient (Wildman–Crippen LogP) is 3.46. The minimum Gasteiger partial charge on any atom is -0.481 e. The Morgan fingerprint density at radius 2 is 1.96 bits per heavy atom. The highest BCUT2D eigenvalue weighted by Gasteiger charge is 2.20. The number of carboxylic acid groups (broad SMARTS) is 1. The van der Waals surface area contributed by atoms with E-state index in [9.17, 15) is 14.7 Å². The maximum absolute atomic E-state index is 12.2. The molecule has 2 aromatic carbocycles. The third-order valence-electron chi connectivity index (χ3n) is 4.48. The number of hydrogen-bond donors (Lipinski definition) is 2. The van der Waals surface area contributed by atoms with Gasteiger partial charge in [-0.1, -0.05) is 49.4 Å². The Bertz CT molecular complexity index is 946. The van der Waals surface area contributed by atoms with E-state index in [0.29, 0.717) is 6.42 Å². The standard InChI is InChI=1S/C21H22N2O3S/c1-2-20-23-17(13-27-20)11-19(24)22-12-16(21(25)26)10-15-8-5-7-14-6-3-4-9-18(14)15/h3-9,13,16H,2,10-12H2,1H3,(H,22,24)(H,25,26). The van der Waals surface area contributed by atoms with Gasteiger partial charge in [-0.2, -0.15) is 0 Å². The molecule has 1 aromatic heterocycles. The van der Waals surface area contributed by atoms with Crippen LogP contribution >= 0.6 is 11.3 Å². The lowest BCUT2D eigenvalue weighted by Gasteiger charge is -2.15. The summed E-state index contributed by atoms with van der Waals surface area (Å²) in [4.78, 5) is 28.2. The second-order valence-electron chi connectivity index (χ2n) is 6.44. The molecule has 27 heavy (non-hydrogen) atoms. The molecule has 0 fully saturated rings. The smallest absolute Gasteiger partial charge is 0.308 e. The topological polar surface area (TPSA) is 79.3 Å². The number of aromatic nitrogens is 1. The molecule has 0 bridgehead atoms. The number of thiazole rings is 1. The van der Waals surface area contributed by atoms with E-state index in [4.69, 9.17) is 0 Å². The van der Waals surface area contributed by atoms with Crippen molar-refractivity contribution in [1.29, 1.82) is 0 Å². The lowest BCUT2D eigenvalue weighted by molar-refractivity contribution is -0.141. The highest BCUT2D eigenvalue weighted by atomic mass is 32.1. The van der Waals surface area contributed by atoms with Crippen LogP contribution in [0.15, 0.2) is 47.8 Å². The molecular weight excluding hydrogens is 360 g/mol. The van der Waals surface area contributed by atoms with Crippen molar-refractivity contribution >= 4 is 34.0 Å². The SMILES string of the molecule is CCc1nc(CC(=O)NCC(Cc2cccc3ccccc23)C(=O)O)cs1. The van der Waals surface area contributed by atoms with Gasteiger partial charge in [0, 0.05) is 11.9 Å². The van der Waals surface area contributed by atoms with Crippen LogP contribution in [-0.4, -0.2) is 28.5 Å². The highest BCUT2D eigenvalue weighted by molar-refractivity contribution is 7.09. The first-order chi connectivity index (χ1) is 13.1. The zero-order valence-corrected chi connectivity index (χ0v) is 16.0. The molecule has 0 aliphatic rings. The van der Waals surface area contributed by atoms with Crippen LogP contribution in [0, 0.1) is 5.92 Å². The number of carbonyl (C=O) groups excluding carboxylic acids is 1. The van der Waals surface area contributed by atoms with Crippen LogP contribution in [0.5, 0.6) is 0 Å². The van der Waals surface area contributed by atoms with Crippen LogP contribution in [0.3, 0.4) is 0 Å². The molecular formula is C21H22N2O3S. The number of aliphatic carboxylic acids is 1. The number of benzene rings is 2. The van der Waals surface area contributed by atoms with Gasteiger partial charge in [0.1, 0.15) is 0 Å². The summed E-state index contributed by atoms with van der Waals surface area (Å²) in [6.07, 6.45) is 1.39. The summed E-state index contributed by atoms with van der Waals surface area (Å²) >= 11 is 1.54. The van der Waals surface area contributed by atoms with Crippen molar-refractivity contribution < 1.29 is 14.7 Å². The van der Waals surface area contributed by atoms with Gasteiger partial charge < -0.3 is 10.4 Å². The summed E-state index contributed by atoms with van der Waals surface area (Å²) in [5, 5.41) is 17.3. The molecule has 1 heterocycles. The van der Waals surface area contributed by atoms with Crippen LogP contribution in [0.2, 0.25) is 0 Å². The molecule has 1 atom stereocenters. The Labute approximate surface area is 162 Å². The molecule has 0 spiro atoms. The maximum Gasteiger partial charge on any atom is 0.308 e. The zero-order valence-electron chi connectivity index (χ0n) is 15.1. The minimum absolute atomic E-state index is 0.0994. The maximum atomic E-state index is 12.2. The van der Waals surface area contributed by atoms with Gasteiger partial charge in [-0.05, 0) is 29.2 Å². The fourth-order valence-corrected chi connectivity index (χ4v) is 3.78. The minimum atomic E-state index is -0.912. The zero-order chi connectivity index (χ0) is 19.2. The average Bonchev–Trinajstić information content (AvgIpc) is 3.12. The number of nitrogens with zero attached hydrogens (tertiary/aromatic N) is 1. The van der Waals surface area contributed by atoms with E-state index in [1.807, 2.05) is 54.8 Å². The number of nitrogens with one attached hydrogen (secondary N) is 1. The fraction of sp³-hybridized carbons (Fsp3) is 0.286. The van der Waals surface area contributed by atoms with Crippen molar-refractivity contribution in [3.8, 4) is 0 Å². The van der Waals surface area contributed by atoms with Crippen molar-refractivity contribution in [3.63, 3.8) is 0 Å². The molecule has 140 valence electrons. The van der Waals surface area contributed by atoms with Crippen LogP contribution < -0.4 is 5.32 Å². The summed E-state index contributed by atoms with van der Waals surface area (Å²) in [6.45, 7) is 2.12. The number of hydrogen-bond acceptors (Lipinski definition) is 4. The molecule has 3 rings (SSSR count). The lowest BCUT2D eigenvalue weighted by atomic mass is 9.95. The first kappa shape index (κ1) is 19.0. The number of aryl methyl sites for hydroxylation is 1. The molecule has 0 aliphatic heterocycles. The van der Waals surface area contributed by atoms with E-state index in [1.54, 1.807) is 0 Å². The van der Waals surface area contributed by atoms with Gasteiger partial charge in [0.2, 0.25) is 5.91 Å². The summed E-state index contributed by atoms with van der Waals surface area (Å²) in [7, 11) is 0. The van der Waals surface area contributed by atoms with Crippen LogP contribution in [0.25, 0.3) is 10.8 Å². The Hall–Kier alpha value is -2.73. The lowest BCUT2D eigenvalue weighted by Crippen LogP contribution is -2.35. The van der Waals surface area contributed by atoms with Gasteiger partial charge >= 0.3 is 5.97 Å². The Kier molecular flexibility index (Phi) is 6.19. The normalized spacial score (nSPS) is 12.0. The number of carbonyl (C=O) groups is 2. The molecule has 0 radical (unpaired) electrons. The second kappa shape index (κ2) is 8.77. The molecule has 5 nitrogen and oxygen atoms in total. The Morgan fingerprint density at radius 1 is 1.19 bits per heavy atom. The van der Waals surface area contributed by atoms with E-state index in [0.717, 1.165) is 33.5 Å². The molecule has 3 aromatic rings. The van der Waals surface area contributed by atoms with Crippen molar-refractivity contribution in [3.05, 3.63) is 64.1 Å². The monoisotopic (exact) mass is 382 g/mol. The van der Waals surface area contributed by atoms with Crippen molar-refractivity contribution in [2.75, 3.05) is 6.54 Å². The second-order valence-corrected chi connectivity index (χ2v) is 7.39. The van der Waals surface area contributed by atoms with Crippen molar-refractivity contribution in [2.45, 2.75) is 26.2 Å². The first-order valence-electron chi connectivity index (χ1n) is 8.96. The average molecular weight is 382 g/mol. The first-order valence-corrected chi connectivity index (χ1v) is 9.84. The van der Waals surface area contributed by atoms with Crippen molar-refractivity contribution in [2.24, 2.45) is 5.92 Å². The van der Waals surface area contributed by atoms with Crippen LogP contribution in [0.1, 0.15) is 23.2 Å². The number of amides is 1. The number of rotatable bonds is 8. The van der Waals surface area contributed by atoms with E-state index >= 15 is 0 Å². The third kappa shape index (κ3) is 4.92. The fourth-order valence-electron chi connectivity index (χ4n) is 3.04. The molecule has 2 N–H and O–H groups in total. The van der Waals surface area contributed by atoms with Gasteiger partial charge in [-0.3, -0.25) is 9.59 Å². The van der Waals surface area contributed by atoms with Gasteiger partial charge in [-0.15, -0.1) is 11.3 Å². The van der Waals surface area contributed by atoms with Gasteiger partial charge in [-0.25, -0.2) is 4.98 Å². The Balaban J connectivity index is 1.63. The molecule has 1 unspecified atom stereocenters. The molecule has 0 saturated heterocycles. The van der Waals surface area contributed by atoms with E-state index in [-0.39, 0.29) is 18.9 Å². The van der Waals surface area contributed by atoms with Crippen LogP contribution in [-0.2, 0) is 28.9 Å². The highest BCUT2D eigenvalue weighted by Crippen LogP contribution is 2.21. The summed E-state index contributed by atoms with van der Waals surface area (Å²) in [6, 6.07) is 13.8. The molecule has 6 heteroatoms. The van der Waals surface area contributed by atoms with Crippen LogP contribution in [0.4, 0.5) is 0 Å². The van der Waals surface area contributed by atoms with E-state index < -0.39 is 11.9 Å². The third-order valence-corrected chi connectivity index (χ3v) is 5.53. The number of fused-ring (bicyclic) bond motifs is 1.